The molecule has 2 aromatic rings. The van der Waals surface area contributed by atoms with Gasteiger partial charge in [-0.1, -0.05) is 64.5 Å². The normalized spacial score (nSPS) is 19.6. The summed E-state index contributed by atoms with van der Waals surface area (Å²) in [6, 6.07) is 10.7. The van der Waals surface area contributed by atoms with E-state index in [2.05, 4.69) is 15.0 Å². The van der Waals surface area contributed by atoms with E-state index >= 15 is 0 Å². The van der Waals surface area contributed by atoms with Crippen LogP contribution in [0.5, 0.6) is 0 Å². The summed E-state index contributed by atoms with van der Waals surface area (Å²) >= 11 is 25.0. The lowest BCUT2D eigenvalue weighted by Crippen LogP contribution is -2.51. The Morgan fingerprint density at radius 2 is 1.71 bits per heavy atom. The number of likely N-dealkylation sites (tertiary alicyclic amines) is 2. The maximum Gasteiger partial charge on any atom is 0.254 e. The quantitative estimate of drug-likeness (QED) is 0.199. The Hall–Kier alpha value is -2.03. The Bertz CT molecular complexity index is 1280. The summed E-state index contributed by atoms with van der Waals surface area (Å²) in [5, 5.41) is 6.09. The van der Waals surface area contributed by atoms with Crippen molar-refractivity contribution in [3.8, 4) is 0 Å². The van der Waals surface area contributed by atoms with E-state index in [-0.39, 0.29) is 24.3 Å². The smallest absolute Gasteiger partial charge is 0.254 e. The first-order valence-electron chi connectivity index (χ1n) is 14.4. The number of benzene rings is 2. The SMILES string of the molecule is CO/N=C(\CN(C)C(=O)c1cc(Cl)cc(Cl)c1)[C@H](CCN1CCC(N2CCC[C@@H](C)C2=O)CC1)c1ccc(Cl)c(Cl)c1. The zero-order valence-electron chi connectivity index (χ0n) is 24.3. The van der Waals surface area contributed by atoms with E-state index in [1.54, 1.807) is 36.2 Å². The van der Waals surface area contributed by atoms with Crippen molar-refractivity contribution in [1.82, 2.24) is 14.7 Å². The van der Waals surface area contributed by atoms with E-state index in [0.29, 0.717) is 43.3 Å². The van der Waals surface area contributed by atoms with E-state index in [1.165, 1.54) is 7.11 Å². The van der Waals surface area contributed by atoms with Gasteiger partial charge in [0.15, 0.2) is 0 Å². The second-order valence-corrected chi connectivity index (χ2v) is 12.9. The Labute approximate surface area is 268 Å². The van der Waals surface area contributed by atoms with Gasteiger partial charge in [-0.25, -0.2) is 0 Å². The van der Waals surface area contributed by atoms with Crippen LogP contribution in [0, 0.1) is 5.92 Å². The van der Waals surface area contributed by atoms with Crippen molar-refractivity contribution < 1.29 is 14.4 Å². The average molecular weight is 656 g/mol. The third-order valence-corrected chi connectivity index (χ3v) is 9.46. The van der Waals surface area contributed by atoms with E-state index in [0.717, 1.165) is 63.8 Å². The van der Waals surface area contributed by atoms with Crippen LogP contribution in [0.4, 0.5) is 0 Å². The molecule has 0 unspecified atom stereocenters. The summed E-state index contributed by atoms with van der Waals surface area (Å²) in [6.07, 6.45) is 4.74. The van der Waals surface area contributed by atoms with Gasteiger partial charge in [0.05, 0.1) is 22.3 Å². The minimum absolute atomic E-state index is 0.128. The molecule has 228 valence electrons. The number of rotatable bonds is 10. The van der Waals surface area contributed by atoms with E-state index < -0.39 is 0 Å². The number of carbonyl (C=O) groups excluding carboxylic acids is 2. The van der Waals surface area contributed by atoms with Crippen molar-refractivity contribution >= 4 is 63.9 Å². The first-order valence-corrected chi connectivity index (χ1v) is 15.9. The fraction of sp³-hybridized carbons (Fsp3) is 0.516. The molecular weight excluding hydrogens is 618 g/mol. The van der Waals surface area contributed by atoms with Crippen molar-refractivity contribution in [1.29, 1.82) is 0 Å². The van der Waals surface area contributed by atoms with E-state index in [1.807, 2.05) is 19.1 Å². The first-order chi connectivity index (χ1) is 20.1. The topological polar surface area (TPSA) is 65.5 Å². The molecule has 0 aromatic heterocycles. The van der Waals surface area contributed by atoms with Crippen molar-refractivity contribution in [2.45, 2.75) is 51.0 Å². The lowest BCUT2D eigenvalue weighted by molar-refractivity contribution is -0.141. The molecule has 0 aliphatic carbocycles. The molecular formula is C31H38Cl4N4O3. The summed E-state index contributed by atoms with van der Waals surface area (Å²) in [5.41, 5.74) is 2.01. The molecule has 11 heteroatoms. The van der Waals surface area contributed by atoms with Crippen LogP contribution >= 0.6 is 46.4 Å². The molecule has 2 amide bonds. The fourth-order valence-corrected chi connectivity index (χ4v) is 6.83. The lowest BCUT2D eigenvalue weighted by Gasteiger charge is -2.42. The van der Waals surface area contributed by atoms with Gasteiger partial charge >= 0.3 is 0 Å². The second-order valence-electron chi connectivity index (χ2n) is 11.2. The molecule has 0 radical (unpaired) electrons. The molecule has 2 atom stereocenters. The number of hydrogen-bond acceptors (Lipinski definition) is 5. The highest BCUT2D eigenvalue weighted by molar-refractivity contribution is 6.42. The standard InChI is InChI=1S/C31H38Cl4N4O3/c1-20-5-4-11-39(30(20)40)25-8-12-38(13-9-25)14-10-26(21-6-7-27(34)28(35)17-21)29(36-42-3)19-37(2)31(41)22-15-23(32)18-24(33)16-22/h6-7,15-18,20,25-26H,4-5,8-14,19H2,1-3H3/b36-29+/t20-,26-/m1/s1. The van der Waals surface area contributed by atoms with Gasteiger partial charge in [-0.3, -0.25) is 9.59 Å². The first kappa shape index (κ1) is 32.9. The molecule has 2 saturated heterocycles. The summed E-state index contributed by atoms with van der Waals surface area (Å²) in [4.78, 5) is 37.5. The van der Waals surface area contributed by atoms with Crippen LogP contribution in [0.1, 0.15) is 60.9 Å². The van der Waals surface area contributed by atoms with Crippen LogP contribution in [-0.4, -0.2) is 85.1 Å². The molecule has 0 N–H and O–H groups in total. The molecule has 4 rings (SSSR count). The third kappa shape index (κ3) is 8.32. The number of nitrogens with zero attached hydrogens (tertiary/aromatic N) is 4. The molecule has 2 heterocycles. The van der Waals surface area contributed by atoms with Crippen LogP contribution in [0.25, 0.3) is 0 Å². The fourth-order valence-electron chi connectivity index (χ4n) is 6.00. The molecule has 2 fully saturated rings. The summed E-state index contributed by atoms with van der Waals surface area (Å²) < 4.78 is 0. The van der Waals surface area contributed by atoms with Gasteiger partial charge in [-0.05, 0) is 74.5 Å². The maximum absolute atomic E-state index is 13.3. The molecule has 7 nitrogen and oxygen atoms in total. The molecule has 2 aliphatic rings. The number of piperidine rings is 2. The molecule has 2 aliphatic heterocycles. The number of amides is 2. The zero-order chi connectivity index (χ0) is 30.4. The minimum atomic E-state index is -0.236. The van der Waals surface area contributed by atoms with Gasteiger partial charge in [-0.2, -0.15) is 0 Å². The summed E-state index contributed by atoms with van der Waals surface area (Å²) in [6.45, 7) is 5.79. The number of halogens is 4. The van der Waals surface area contributed by atoms with Crippen LogP contribution in [0.3, 0.4) is 0 Å². The molecule has 42 heavy (non-hydrogen) atoms. The highest BCUT2D eigenvalue weighted by Crippen LogP contribution is 2.31. The molecule has 0 bridgehead atoms. The Balaban J connectivity index is 1.48. The number of carbonyl (C=O) groups is 2. The molecule has 0 spiro atoms. The number of hydrogen-bond donors (Lipinski definition) is 0. The average Bonchev–Trinajstić information content (AvgIpc) is 2.96. The van der Waals surface area contributed by atoms with Gasteiger partial charge in [0.1, 0.15) is 7.11 Å². The van der Waals surface area contributed by atoms with Gasteiger partial charge in [0.2, 0.25) is 5.91 Å². The molecule has 2 aromatic carbocycles. The van der Waals surface area contributed by atoms with Crippen LogP contribution in [0.15, 0.2) is 41.6 Å². The summed E-state index contributed by atoms with van der Waals surface area (Å²) in [7, 11) is 3.21. The second kappa shape index (κ2) is 15.1. The molecule has 0 saturated carbocycles. The minimum Gasteiger partial charge on any atom is -0.399 e. The van der Waals surface area contributed by atoms with Gasteiger partial charge in [-0.15, -0.1) is 0 Å². The van der Waals surface area contributed by atoms with Crippen molar-refractivity contribution in [3.63, 3.8) is 0 Å². The maximum atomic E-state index is 13.3. The van der Waals surface area contributed by atoms with Gasteiger partial charge in [0.25, 0.3) is 5.91 Å². The number of oxime groups is 1. The Morgan fingerprint density at radius 1 is 1.02 bits per heavy atom. The monoisotopic (exact) mass is 654 g/mol. The van der Waals surface area contributed by atoms with E-state index in [4.69, 9.17) is 51.2 Å². The van der Waals surface area contributed by atoms with E-state index in [9.17, 15) is 9.59 Å². The summed E-state index contributed by atoms with van der Waals surface area (Å²) in [5.74, 6) is 0.0153. The van der Waals surface area contributed by atoms with Gasteiger partial charge in [0, 0.05) is 60.2 Å². The van der Waals surface area contributed by atoms with Crippen LogP contribution in [-0.2, 0) is 9.63 Å². The van der Waals surface area contributed by atoms with Crippen molar-refractivity contribution in [3.05, 3.63) is 67.6 Å². The zero-order valence-corrected chi connectivity index (χ0v) is 27.3. The largest absolute Gasteiger partial charge is 0.399 e. The predicted molar refractivity (Wildman–Crippen MR) is 171 cm³/mol. The highest BCUT2D eigenvalue weighted by Gasteiger charge is 2.33. The predicted octanol–water partition coefficient (Wildman–Crippen LogP) is 7.27. The lowest BCUT2D eigenvalue weighted by atomic mass is 9.89. The van der Waals surface area contributed by atoms with Gasteiger partial charge < -0.3 is 19.5 Å². The Morgan fingerprint density at radius 3 is 2.36 bits per heavy atom. The third-order valence-electron chi connectivity index (χ3n) is 8.28. The van der Waals surface area contributed by atoms with Crippen molar-refractivity contribution in [2.24, 2.45) is 11.1 Å². The van der Waals surface area contributed by atoms with Crippen molar-refractivity contribution in [2.75, 3.05) is 46.9 Å². The highest BCUT2D eigenvalue weighted by atomic mass is 35.5. The Kier molecular flexibility index (Phi) is 11.8. The van der Waals surface area contributed by atoms with Crippen LogP contribution < -0.4 is 0 Å². The van der Waals surface area contributed by atoms with Crippen LogP contribution in [0.2, 0.25) is 20.1 Å².